The van der Waals surface area contributed by atoms with E-state index in [0.29, 0.717) is 24.6 Å². The first kappa shape index (κ1) is 19.7. The first-order valence-electron chi connectivity index (χ1n) is 10.0. The van der Waals surface area contributed by atoms with E-state index in [9.17, 15) is 5.11 Å². The molecule has 0 fully saturated rings. The van der Waals surface area contributed by atoms with Crippen LogP contribution < -0.4 is 10.1 Å². The Hall–Kier alpha value is -3.30. The smallest absolute Gasteiger partial charge is 0.229 e. The standard InChI is InChI=1S/C22H22N6O2S/c1-13-9-10-23-21(24-13)26-22-25-20-16-12-28(11-14-3-5-15(30-2)6-4-14)27-19(16)17(29)7-8-18(20)31-22/h3-6,9-10,12,17,29H,7-8,11H2,1-2H3,(H,23,24,25,26). The van der Waals surface area contributed by atoms with Crippen LogP contribution in [0.15, 0.2) is 42.7 Å². The number of ether oxygens (including phenoxy) is 1. The van der Waals surface area contributed by atoms with Crippen molar-refractivity contribution >= 4 is 22.4 Å². The summed E-state index contributed by atoms with van der Waals surface area (Å²) in [4.78, 5) is 14.6. The monoisotopic (exact) mass is 434 g/mol. The van der Waals surface area contributed by atoms with Crippen LogP contribution in [0.4, 0.5) is 11.1 Å². The van der Waals surface area contributed by atoms with Gasteiger partial charge in [-0.2, -0.15) is 5.10 Å². The van der Waals surface area contributed by atoms with Crippen LogP contribution in [0.3, 0.4) is 0 Å². The summed E-state index contributed by atoms with van der Waals surface area (Å²) in [5.74, 6) is 1.35. The molecular formula is C22H22N6O2S. The van der Waals surface area contributed by atoms with Crippen molar-refractivity contribution in [3.05, 3.63) is 64.6 Å². The number of aryl methyl sites for hydroxylation is 2. The highest BCUT2D eigenvalue weighted by Gasteiger charge is 2.27. The van der Waals surface area contributed by atoms with Crippen LogP contribution in [0.25, 0.3) is 11.3 Å². The van der Waals surface area contributed by atoms with E-state index in [1.165, 1.54) is 0 Å². The minimum Gasteiger partial charge on any atom is -0.497 e. The van der Waals surface area contributed by atoms with Gasteiger partial charge < -0.3 is 15.2 Å². The average molecular weight is 435 g/mol. The summed E-state index contributed by atoms with van der Waals surface area (Å²) in [6.45, 7) is 2.53. The van der Waals surface area contributed by atoms with Gasteiger partial charge in [0.15, 0.2) is 5.13 Å². The third kappa shape index (κ3) is 4.01. The number of benzene rings is 1. The van der Waals surface area contributed by atoms with Crippen LogP contribution in [0.5, 0.6) is 5.75 Å². The van der Waals surface area contributed by atoms with E-state index in [0.717, 1.165) is 44.7 Å². The van der Waals surface area contributed by atoms with Crippen molar-refractivity contribution in [2.24, 2.45) is 0 Å². The minimum absolute atomic E-state index is 0.527. The molecule has 0 saturated carbocycles. The van der Waals surface area contributed by atoms with E-state index < -0.39 is 6.10 Å². The maximum Gasteiger partial charge on any atom is 0.229 e. The predicted octanol–water partition coefficient (Wildman–Crippen LogP) is 3.89. The summed E-state index contributed by atoms with van der Waals surface area (Å²) in [5, 5.41) is 19.3. The number of hydrogen-bond donors (Lipinski definition) is 2. The molecule has 0 amide bonds. The zero-order valence-electron chi connectivity index (χ0n) is 17.2. The van der Waals surface area contributed by atoms with Gasteiger partial charge in [-0.25, -0.2) is 15.0 Å². The van der Waals surface area contributed by atoms with E-state index in [-0.39, 0.29) is 0 Å². The molecular weight excluding hydrogens is 412 g/mol. The molecule has 158 valence electrons. The molecule has 1 unspecified atom stereocenters. The second kappa shape index (κ2) is 8.09. The molecule has 9 heteroatoms. The van der Waals surface area contributed by atoms with E-state index in [4.69, 9.17) is 9.72 Å². The van der Waals surface area contributed by atoms with Gasteiger partial charge in [0.25, 0.3) is 0 Å². The lowest BCUT2D eigenvalue weighted by atomic mass is 10.1. The fraction of sp³-hybridized carbons (Fsp3) is 0.273. The number of aliphatic hydroxyl groups excluding tert-OH is 1. The van der Waals surface area contributed by atoms with Crippen LogP contribution in [-0.2, 0) is 13.0 Å². The predicted molar refractivity (Wildman–Crippen MR) is 119 cm³/mol. The number of thiazole rings is 1. The van der Waals surface area contributed by atoms with Crippen molar-refractivity contribution in [1.82, 2.24) is 24.7 Å². The Bertz CT molecular complexity index is 1220. The molecule has 31 heavy (non-hydrogen) atoms. The Morgan fingerprint density at radius 1 is 1.23 bits per heavy atom. The van der Waals surface area contributed by atoms with Crippen LogP contribution in [0.1, 0.15) is 34.4 Å². The van der Waals surface area contributed by atoms with Crippen molar-refractivity contribution in [1.29, 1.82) is 0 Å². The van der Waals surface area contributed by atoms with E-state index >= 15 is 0 Å². The van der Waals surface area contributed by atoms with Gasteiger partial charge in [-0.3, -0.25) is 4.68 Å². The summed E-state index contributed by atoms with van der Waals surface area (Å²) >= 11 is 1.57. The SMILES string of the molecule is COc1ccc(Cn2cc3c(n2)C(O)CCc2sc(Nc4nccc(C)n4)nc2-3)cc1. The van der Waals surface area contributed by atoms with Crippen molar-refractivity contribution in [2.45, 2.75) is 32.4 Å². The maximum atomic E-state index is 10.7. The fourth-order valence-corrected chi connectivity index (χ4v) is 4.64. The van der Waals surface area contributed by atoms with Gasteiger partial charge in [0.1, 0.15) is 11.4 Å². The Balaban J connectivity index is 1.45. The number of rotatable bonds is 5. The van der Waals surface area contributed by atoms with Crippen molar-refractivity contribution < 1.29 is 9.84 Å². The van der Waals surface area contributed by atoms with E-state index in [1.54, 1.807) is 24.6 Å². The molecule has 4 aromatic rings. The van der Waals surface area contributed by atoms with Crippen LogP contribution >= 0.6 is 11.3 Å². The van der Waals surface area contributed by atoms with Crippen LogP contribution in [-0.4, -0.2) is 36.9 Å². The first-order chi connectivity index (χ1) is 15.1. The summed E-state index contributed by atoms with van der Waals surface area (Å²) in [5.41, 5.74) is 4.41. The lowest BCUT2D eigenvalue weighted by molar-refractivity contribution is 0.164. The third-order valence-corrected chi connectivity index (χ3v) is 6.25. The molecule has 0 bridgehead atoms. The number of fused-ring (bicyclic) bond motifs is 3. The number of aromatic nitrogens is 5. The lowest BCUT2D eigenvalue weighted by Crippen LogP contribution is -2.04. The summed E-state index contributed by atoms with van der Waals surface area (Å²) in [7, 11) is 1.65. The fourth-order valence-electron chi connectivity index (χ4n) is 3.66. The average Bonchev–Trinajstić information content (AvgIpc) is 3.34. The number of nitrogens with one attached hydrogen (secondary N) is 1. The highest BCUT2D eigenvalue weighted by atomic mass is 32.1. The molecule has 1 aromatic carbocycles. The lowest BCUT2D eigenvalue weighted by Gasteiger charge is -2.06. The number of hydrogen-bond acceptors (Lipinski definition) is 8. The van der Waals surface area contributed by atoms with Crippen LogP contribution in [0.2, 0.25) is 0 Å². The highest BCUT2D eigenvalue weighted by molar-refractivity contribution is 7.16. The molecule has 0 aliphatic heterocycles. The molecule has 5 rings (SSSR count). The molecule has 0 saturated heterocycles. The molecule has 1 aliphatic carbocycles. The van der Waals surface area contributed by atoms with Crippen molar-refractivity contribution in [3.8, 4) is 17.0 Å². The quantitative estimate of drug-likeness (QED) is 0.492. The number of nitrogens with zero attached hydrogens (tertiary/aromatic N) is 5. The number of aliphatic hydroxyl groups is 1. The van der Waals surface area contributed by atoms with Gasteiger partial charge in [0.2, 0.25) is 5.95 Å². The molecule has 1 aliphatic rings. The zero-order valence-corrected chi connectivity index (χ0v) is 18.1. The molecule has 1 atom stereocenters. The molecule has 3 aromatic heterocycles. The number of anilines is 2. The van der Waals surface area contributed by atoms with E-state index in [2.05, 4.69) is 20.4 Å². The molecule has 0 spiro atoms. The zero-order chi connectivity index (χ0) is 21.4. The Labute approximate surface area is 183 Å². The van der Waals surface area contributed by atoms with Gasteiger partial charge in [0.05, 0.1) is 25.5 Å². The highest BCUT2D eigenvalue weighted by Crippen LogP contribution is 2.40. The van der Waals surface area contributed by atoms with E-state index in [1.807, 2.05) is 48.1 Å². The third-order valence-electron chi connectivity index (χ3n) is 5.22. The molecule has 0 radical (unpaired) electrons. The normalized spacial score (nSPS) is 15.1. The Morgan fingerprint density at radius 3 is 2.84 bits per heavy atom. The number of methoxy groups -OCH3 is 1. The van der Waals surface area contributed by atoms with Crippen molar-refractivity contribution in [3.63, 3.8) is 0 Å². The summed E-state index contributed by atoms with van der Waals surface area (Å²) in [6.07, 6.45) is 4.45. The maximum absolute atomic E-state index is 10.7. The molecule has 3 heterocycles. The first-order valence-corrected chi connectivity index (χ1v) is 10.9. The van der Waals surface area contributed by atoms with Gasteiger partial charge in [0, 0.05) is 28.5 Å². The van der Waals surface area contributed by atoms with Crippen LogP contribution in [0, 0.1) is 6.92 Å². The largest absolute Gasteiger partial charge is 0.497 e. The topological polar surface area (TPSA) is 98.0 Å². The Kier molecular flexibility index (Phi) is 5.13. The Morgan fingerprint density at radius 2 is 2.06 bits per heavy atom. The van der Waals surface area contributed by atoms with Crippen molar-refractivity contribution in [2.75, 3.05) is 12.4 Å². The summed E-state index contributed by atoms with van der Waals surface area (Å²) in [6, 6.07) is 9.75. The molecule has 2 N–H and O–H groups in total. The minimum atomic E-state index is -0.606. The van der Waals surface area contributed by atoms with Gasteiger partial charge in [-0.05, 0) is 43.5 Å². The second-order valence-corrected chi connectivity index (χ2v) is 8.55. The van der Waals surface area contributed by atoms with Gasteiger partial charge in [-0.1, -0.05) is 12.1 Å². The van der Waals surface area contributed by atoms with Gasteiger partial charge in [-0.15, -0.1) is 11.3 Å². The van der Waals surface area contributed by atoms with Gasteiger partial charge >= 0.3 is 0 Å². The molecule has 8 nitrogen and oxygen atoms in total. The summed E-state index contributed by atoms with van der Waals surface area (Å²) < 4.78 is 7.09. The second-order valence-electron chi connectivity index (χ2n) is 7.47.